The normalized spacial score (nSPS) is 9.00. The van der Waals surface area contributed by atoms with Crippen LogP contribution in [-0.2, 0) is 0 Å². The summed E-state index contributed by atoms with van der Waals surface area (Å²) in [7, 11) is 0. The van der Waals surface area contributed by atoms with Crippen molar-refractivity contribution in [1.29, 1.82) is 5.26 Å². The first-order chi connectivity index (χ1) is 5.86. The maximum Gasteiger partial charge on any atom is 0.223 e. The molecule has 1 rings (SSSR count). The first kappa shape index (κ1) is 8.43. The Hall–Kier alpha value is -1.67. The monoisotopic (exact) mass is 164 g/mol. The van der Waals surface area contributed by atoms with Crippen LogP contribution in [0.15, 0.2) is 12.3 Å². The third kappa shape index (κ3) is 2.18. The molecule has 0 aliphatic heterocycles. The Morgan fingerprint density at radius 3 is 3.17 bits per heavy atom. The summed E-state index contributed by atoms with van der Waals surface area (Å²) in [6.07, 6.45) is 1.49. The molecule has 0 aliphatic carbocycles. The van der Waals surface area contributed by atoms with E-state index in [2.05, 4.69) is 15.3 Å². The minimum Gasteiger partial charge on any atom is -0.395 e. The highest BCUT2D eigenvalue weighted by molar-refractivity contribution is 5.29. The van der Waals surface area contributed by atoms with Gasteiger partial charge in [-0.25, -0.2) is 9.97 Å². The largest absolute Gasteiger partial charge is 0.395 e. The molecule has 1 aromatic rings. The fraction of sp³-hybridized carbons (Fsp3) is 0.286. The molecule has 0 amide bonds. The zero-order chi connectivity index (χ0) is 8.81. The van der Waals surface area contributed by atoms with E-state index in [4.69, 9.17) is 10.4 Å². The summed E-state index contributed by atoms with van der Waals surface area (Å²) in [4.78, 5) is 7.67. The van der Waals surface area contributed by atoms with Crippen molar-refractivity contribution in [2.45, 2.75) is 0 Å². The van der Waals surface area contributed by atoms with E-state index in [9.17, 15) is 0 Å². The predicted molar refractivity (Wildman–Crippen MR) is 42.3 cm³/mol. The van der Waals surface area contributed by atoms with Crippen LogP contribution in [0.4, 0.5) is 5.95 Å². The highest BCUT2D eigenvalue weighted by Crippen LogP contribution is 1.97. The van der Waals surface area contributed by atoms with Gasteiger partial charge in [0.25, 0.3) is 0 Å². The standard InChI is InChI=1S/C7H8N4O/c8-5-6-1-2-9-7(11-6)10-3-4-12/h1-2,12H,3-4H2,(H,9,10,11). The second-order valence-corrected chi connectivity index (χ2v) is 2.03. The van der Waals surface area contributed by atoms with E-state index in [0.29, 0.717) is 18.2 Å². The van der Waals surface area contributed by atoms with Gasteiger partial charge >= 0.3 is 0 Å². The number of hydrogen-bond donors (Lipinski definition) is 2. The summed E-state index contributed by atoms with van der Waals surface area (Å²) in [6, 6.07) is 3.41. The molecule has 0 aromatic carbocycles. The van der Waals surface area contributed by atoms with Crippen LogP contribution >= 0.6 is 0 Å². The first-order valence-corrected chi connectivity index (χ1v) is 3.44. The molecule has 1 aromatic heterocycles. The third-order valence-electron chi connectivity index (χ3n) is 1.17. The van der Waals surface area contributed by atoms with E-state index in [0.717, 1.165) is 0 Å². The van der Waals surface area contributed by atoms with Gasteiger partial charge in [-0.2, -0.15) is 5.26 Å². The van der Waals surface area contributed by atoms with Crippen LogP contribution in [0, 0.1) is 11.3 Å². The van der Waals surface area contributed by atoms with Gasteiger partial charge in [-0.05, 0) is 6.07 Å². The van der Waals surface area contributed by atoms with Crippen molar-refractivity contribution in [3.05, 3.63) is 18.0 Å². The van der Waals surface area contributed by atoms with Crippen molar-refractivity contribution < 1.29 is 5.11 Å². The number of anilines is 1. The number of aliphatic hydroxyl groups excluding tert-OH is 1. The van der Waals surface area contributed by atoms with Gasteiger partial charge in [0, 0.05) is 12.7 Å². The molecular weight excluding hydrogens is 156 g/mol. The van der Waals surface area contributed by atoms with Crippen molar-refractivity contribution >= 4 is 5.95 Å². The van der Waals surface area contributed by atoms with Gasteiger partial charge < -0.3 is 10.4 Å². The summed E-state index contributed by atoms with van der Waals surface area (Å²) in [5.41, 5.74) is 0.311. The minimum atomic E-state index is 0.0140. The average Bonchev–Trinajstić information content (AvgIpc) is 2.15. The van der Waals surface area contributed by atoms with Gasteiger partial charge in [0.05, 0.1) is 6.61 Å². The number of aliphatic hydroxyl groups is 1. The molecule has 5 heteroatoms. The molecular formula is C7H8N4O. The third-order valence-corrected chi connectivity index (χ3v) is 1.17. The Morgan fingerprint density at radius 1 is 1.67 bits per heavy atom. The lowest BCUT2D eigenvalue weighted by Gasteiger charge is -2.00. The van der Waals surface area contributed by atoms with E-state index in [1.807, 2.05) is 6.07 Å². The molecule has 0 atom stereocenters. The summed E-state index contributed by atoms with van der Waals surface area (Å²) >= 11 is 0. The predicted octanol–water partition coefficient (Wildman–Crippen LogP) is -0.248. The van der Waals surface area contributed by atoms with Crippen molar-refractivity contribution in [3.8, 4) is 6.07 Å². The first-order valence-electron chi connectivity index (χ1n) is 3.44. The highest BCUT2D eigenvalue weighted by Gasteiger charge is 1.95. The lowest BCUT2D eigenvalue weighted by molar-refractivity contribution is 0.311. The van der Waals surface area contributed by atoms with Crippen LogP contribution in [0.1, 0.15) is 5.69 Å². The van der Waals surface area contributed by atoms with Crippen LogP contribution in [0.25, 0.3) is 0 Å². The fourth-order valence-corrected chi connectivity index (χ4v) is 0.674. The van der Waals surface area contributed by atoms with E-state index >= 15 is 0 Å². The van der Waals surface area contributed by atoms with Crippen molar-refractivity contribution in [2.24, 2.45) is 0 Å². The lowest BCUT2D eigenvalue weighted by Crippen LogP contribution is -2.08. The maximum absolute atomic E-state index is 8.47. The number of aromatic nitrogens is 2. The summed E-state index contributed by atoms with van der Waals surface area (Å²) in [6.45, 7) is 0.398. The van der Waals surface area contributed by atoms with Gasteiger partial charge in [0.1, 0.15) is 11.8 Å². The van der Waals surface area contributed by atoms with Crippen LogP contribution in [0.5, 0.6) is 0 Å². The van der Waals surface area contributed by atoms with Crippen LogP contribution in [-0.4, -0.2) is 28.2 Å². The number of hydrogen-bond acceptors (Lipinski definition) is 5. The molecule has 0 spiro atoms. The highest BCUT2D eigenvalue weighted by atomic mass is 16.3. The van der Waals surface area contributed by atoms with Crippen LogP contribution in [0.3, 0.4) is 0 Å². The molecule has 0 aliphatic rings. The van der Waals surface area contributed by atoms with Gasteiger partial charge in [-0.15, -0.1) is 0 Å². The number of nitriles is 1. The molecule has 12 heavy (non-hydrogen) atoms. The number of nitrogens with one attached hydrogen (secondary N) is 1. The summed E-state index contributed by atoms with van der Waals surface area (Å²) < 4.78 is 0. The quantitative estimate of drug-likeness (QED) is 0.643. The Labute approximate surface area is 69.7 Å². The molecule has 0 unspecified atom stereocenters. The zero-order valence-corrected chi connectivity index (χ0v) is 6.36. The van der Waals surface area contributed by atoms with Crippen molar-refractivity contribution in [3.63, 3.8) is 0 Å². The Bertz CT molecular complexity index is 294. The van der Waals surface area contributed by atoms with Gasteiger partial charge in [0.2, 0.25) is 5.95 Å². The SMILES string of the molecule is N#Cc1ccnc(NCCO)n1. The number of nitrogens with zero attached hydrogens (tertiary/aromatic N) is 3. The van der Waals surface area contributed by atoms with E-state index in [-0.39, 0.29) is 6.61 Å². The van der Waals surface area contributed by atoms with Gasteiger partial charge in [-0.3, -0.25) is 0 Å². The second-order valence-electron chi connectivity index (χ2n) is 2.03. The Morgan fingerprint density at radius 2 is 2.50 bits per heavy atom. The molecule has 1 heterocycles. The van der Waals surface area contributed by atoms with Gasteiger partial charge in [0.15, 0.2) is 0 Å². The Kier molecular flexibility index (Phi) is 2.99. The molecule has 0 radical (unpaired) electrons. The molecule has 2 N–H and O–H groups in total. The van der Waals surface area contributed by atoms with E-state index in [1.165, 1.54) is 12.3 Å². The Balaban J connectivity index is 2.68. The van der Waals surface area contributed by atoms with Crippen molar-refractivity contribution in [2.75, 3.05) is 18.5 Å². The lowest BCUT2D eigenvalue weighted by atomic mass is 10.4. The minimum absolute atomic E-state index is 0.0140. The number of rotatable bonds is 3. The van der Waals surface area contributed by atoms with E-state index in [1.54, 1.807) is 0 Å². The van der Waals surface area contributed by atoms with Crippen molar-refractivity contribution in [1.82, 2.24) is 9.97 Å². The molecule has 0 saturated carbocycles. The second kappa shape index (κ2) is 4.26. The fourth-order valence-electron chi connectivity index (χ4n) is 0.674. The van der Waals surface area contributed by atoms with Crippen LogP contribution in [0.2, 0.25) is 0 Å². The van der Waals surface area contributed by atoms with Gasteiger partial charge in [-0.1, -0.05) is 0 Å². The summed E-state index contributed by atoms with van der Waals surface area (Å²) in [5, 5.41) is 19.7. The average molecular weight is 164 g/mol. The molecule has 0 saturated heterocycles. The van der Waals surface area contributed by atoms with Crippen LogP contribution < -0.4 is 5.32 Å². The molecule has 62 valence electrons. The maximum atomic E-state index is 8.47. The zero-order valence-electron chi connectivity index (χ0n) is 6.36. The molecule has 0 fully saturated rings. The smallest absolute Gasteiger partial charge is 0.223 e. The summed E-state index contributed by atoms with van der Waals surface area (Å²) in [5.74, 6) is 0.364. The molecule has 0 bridgehead atoms. The topological polar surface area (TPSA) is 81.8 Å². The van der Waals surface area contributed by atoms with E-state index < -0.39 is 0 Å². The molecule has 5 nitrogen and oxygen atoms in total.